The monoisotopic (exact) mass is 204 g/mol. The van der Waals surface area contributed by atoms with E-state index in [4.69, 9.17) is 4.74 Å². The molecule has 1 rings (SSSR count). The Labute approximate surface area is 90.6 Å². The summed E-state index contributed by atoms with van der Waals surface area (Å²) in [6, 6.07) is 7.23. The van der Waals surface area contributed by atoms with E-state index in [9.17, 15) is 4.79 Å². The fourth-order valence-corrected chi connectivity index (χ4v) is 1.21. The SMILES string of the molecule is C=CCC(=O)c1ccc(OCCC)cc1. The van der Waals surface area contributed by atoms with Gasteiger partial charge < -0.3 is 4.74 Å². The van der Waals surface area contributed by atoms with Gasteiger partial charge in [0.25, 0.3) is 0 Å². The fraction of sp³-hybridized carbons (Fsp3) is 0.308. The van der Waals surface area contributed by atoms with Gasteiger partial charge in [0, 0.05) is 12.0 Å². The van der Waals surface area contributed by atoms with Gasteiger partial charge in [-0.15, -0.1) is 6.58 Å². The van der Waals surface area contributed by atoms with Gasteiger partial charge in [-0.3, -0.25) is 4.79 Å². The summed E-state index contributed by atoms with van der Waals surface area (Å²) in [7, 11) is 0. The average Bonchev–Trinajstić information content (AvgIpc) is 2.27. The minimum atomic E-state index is 0.0899. The van der Waals surface area contributed by atoms with Gasteiger partial charge in [-0.2, -0.15) is 0 Å². The third-order valence-corrected chi connectivity index (χ3v) is 1.98. The summed E-state index contributed by atoms with van der Waals surface area (Å²) in [5.41, 5.74) is 0.707. The molecule has 0 N–H and O–H groups in total. The number of carbonyl (C=O) groups excluding carboxylic acids is 1. The Balaban J connectivity index is 2.63. The number of hydrogen-bond donors (Lipinski definition) is 0. The predicted molar refractivity (Wildman–Crippen MR) is 61.4 cm³/mol. The van der Waals surface area contributed by atoms with E-state index in [2.05, 4.69) is 13.5 Å². The molecule has 0 aliphatic rings. The van der Waals surface area contributed by atoms with Crippen LogP contribution in [0.4, 0.5) is 0 Å². The molecule has 1 aromatic rings. The molecule has 0 fully saturated rings. The van der Waals surface area contributed by atoms with Crippen LogP contribution in [0.25, 0.3) is 0 Å². The van der Waals surface area contributed by atoms with Crippen LogP contribution in [-0.4, -0.2) is 12.4 Å². The van der Waals surface area contributed by atoms with Crippen molar-refractivity contribution in [2.24, 2.45) is 0 Å². The molecule has 2 nitrogen and oxygen atoms in total. The molecule has 15 heavy (non-hydrogen) atoms. The number of carbonyl (C=O) groups is 1. The van der Waals surface area contributed by atoms with E-state index in [0.717, 1.165) is 12.2 Å². The highest BCUT2D eigenvalue weighted by Gasteiger charge is 2.02. The molecule has 0 atom stereocenters. The first-order chi connectivity index (χ1) is 7.27. The summed E-state index contributed by atoms with van der Waals surface area (Å²) in [6.07, 6.45) is 2.98. The second-order valence-corrected chi connectivity index (χ2v) is 3.29. The summed E-state index contributed by atoms with van der Waals surface area (Å²) in [5, 5.41) is 0. The lowest BCUT2D eigenvalue weighted by molar-refractivity contribution is 0.0996. The first kappa shape index (κ1) is 11.5. The van der Waals surface area contributed by atoms with Gasteiger partial charge in [-0.05, 0) is 30.7 Å². The summed E-state index contributed by atoms with van der Waals surface area (Å²) in [4.78, 5) is 11.5. The van der Waals surface area contributed by atoms with Crippen molar-refractivity contribution in [3.63, 3.8) is 0 Å². The van der Waals surface area contributed by atoms with Gasteiger partial charge in [-0.1, -0.05) is 13.0 Å². The standard InChI is InChI=1S/C13H16O2/c1-3-5-13(14)11-6-8-12(9-7-11)15-10-4-2/h3,6-9H,1,4-5,10H2,2H3. The number of rotatable bonds is 6. The molecule has 0 saturated carbocycles. The normalized spacial score (nSPS) is 9.67. The maximum Gasteiger partial charge on any atom is 0.166 e. The van der Waals surface area contributed by atoms with Crippen molar-refractivity contribution < 1.29 is 9.53 Å². The van der Waals surface area contributed by atoms with E-state index in [1.807, 2.05) is 12.1 Å². The Bertz CT molecular complexity index is 325. The topological polar surface area (TPSA) is 26.3 Å². The molecular formula is C13H16O2. The van der Waals surface area contributed by atoms with Crippen molar-refractivity contribution in [3.8, 4) is 5.75 Å². The van der Waals surface area contributed by atoms with Crippen molar-refractivity contribution >= 4 is 5.78 Å². The third-order valence-electron chi connectivity index (χ3n) is 1.98. The highest BCUT2D eigenvalue weighted by atomic mass is 16.5. The summed E-state index contributed by atoms with van der Waals surface area (Å²) < 4.78 is 5.42. The lowest BCUT2D eigenvalue weighted by Crippen LogP contribution is -1.98. The minimum Gasteiger partial charge on any atom is -0.494 e. The zero-order valence-electron chi connectivity index (χ0n) is 9.03. The third kappa shape index (κ3) is 3.58. The van der Waals surface area contributed by atoms with Gasteiger partial charge in [0.15, 0.2) is 5.78 Å². The highest BCUT2D eigenvalue weighted by Crippen LogP contribution is 2.13. The van der Waals surface area contributed by atoms with E-state index in [1.54, 1.807) is 18.2 Å². The summed E-state index contributed by atoms with van der Waals surface area (Å²) in [6.45, 7) is 6.30. The molecule has 0 amide bonds. The molecular weight excluding hydrogens is 188 g/mol. The second-order valence-electron chi connectivity index (χ2n) is 3.29. The number of Topliss-reactive ketones (excluding diaryl/α,β-unsaturated/α-hetero) is 1. The zero-order chi connectivity index (χ0) is 11.1. The molecule has 2 heteroatoms. The summed E-state index contributed by atoms with van der Waals surface area (Å²) >= 11 is 0. The Morgan fingerprint density at radius 2 is 2.07 bits per heavy atom. The highest BCUT2D eigenvalue weighted by molar-refractivity contribution is 5.96. The Kier molecular flexibility index (Phi) is 4.61. The van der Waals surface area contributed by atoms with Crippen molar-refractivity contribution in [3.05, 3.63) is 42.5 Å². The molecule has 0 heterocycles. The van der Waals surface area contributed by atoms with Crippen LogP contribution in [0.15, 0.2) is 36.9 Å². The number of hydrogen-bond acceptors (Lipinski definition) is 2. The van der Waals surface area contributed by atoms with Crippen LogP contribution in [0.5, 0.6) is 5.75 Å². The summed E-state index contributed by atoms with van der Waals surface area (Å²) in [5.74, 6) is 0.902. The molecule has 0 bridgehead atoms. The van der Waals surface area contributed by atoms with Gasteiger partial charge in [0.05, 0.1) is 6.61 Å². The molecule has 0 unspecified atom stereocenters. The van der Waals surface area contributed by atoms with Gasteiger partial charge in [0.2, 0.25) is 0 Å². The molecule has 0 aliphatic heterocycles. The van der Waals surface area contributed by atoms with Crippen LogP contribution in [0, 0.1) is 0 Å². The maximum absolute atomic E-state index is 11.5. The first-order valence-electron chi connectivity index (χ1n) is 5.15. The van der Waals surface area contributed by atoms with Crippen molar-refractivity contribution in [2.45, 2.75) is 19.8 Å². The molecule has 0 aliphatic carbocycles. The number of ether oxygens (including phenoxy) is 1. The van der Waals surface area contributed by atoms with Crippen LogP contribution < -0.4 is 4.74 Å². The minimum absolute atomic E-state index is 0.0899. The first-order valence-corrected chi connectivity index (χ1v) is 5.15. The van der Waals surface area contributed by atoms with Crippen molar-refractivity contribution in [2.75, 3.05) is 6.61 Å². The van der Waals surface area contributed by atoms with E-state index < -0.39 is 0 Å². The number of ketones is 1. The van der Waals surface area contributed by atoms with Crippen LogP contribution in [-0.2, 0) is 0 Å². The lowest BCUT2D eigenvalue weighted by atomic mass is 10.1. The molecule has 0 radical (unpaired) electrons. The van der Waals surface area contributed by atoms with Crippen LogP contribution >= 0.6 is 0 Å². The molecule has 0 saturated heterocycles. The Morgan fingerprint density at radius 1 is 1.40 bits per heavy atom. The van der Waals surface area contributed by atoms with Crippen molar-refractivity contribution in [1.82, 2.24) is 0 Å². The largest absolute Gasteiger partial charge is 0.494 e. The quantitative estimate of drug-likeness (QED) is 0.525. The van der Waals surface area contributed by atoms with E-state index in [0.29, 0.717) is 18.6 Å². The zero-order valence-corrected chi connectivity index (χ0v) is 9.03. The lowest BCUT2D eigenvalue weighted by Gasteiger charge is -2.04. The molecule has 80 valence electrons. The average molecular weight is 204 g/mol. The van der Waals surface area contributed by atoms with Crippen LogP contribution in [0.3, 0.4) is 0 Å². The predicted octanol–water partition coefficient (Wildman–Crippen LogP) is 3.23. The number of allylic oxidation sites excluding steroid dienone is 1. The molecule has 1 aromatic carbocycles. The van der Waals surface area contributed by atoms with Gasteiger partial charge in [-0.25, -0.2) is 0 Å². The van der Waals surface area contributed by atoms with Crippen molar-refractivity contribution in [1.29, 1.82) is 0 Å². The number of benzene rings is 1. The maximum atomic E-state index is 11.5. The van der Waals surface area contributed by atoms with Crippen LogP contribution in [0.1, 0.15) is 30.1 Å². The molecule has 0 spiro atoms. The van der Waals surface area contributed by atoms with E-state index >= 15 is 0 Å². The Morgan fingerprint density at radius 3 is 2.60 bits per heavy atom. The van der Waals surface area contributed by atoms with E-state index in [1.165, 1.54) is 0 Å². The molecule has 0 aromatic heterocycles. The second kappa shape index (κ2) is 6.02. The van der Waals surface area contributed by atoms with E-state index in [-0.39, 0.29) is 5.78 Å². The van der Waals surface area contributed by atoms with Crippen LogP contribution in [0.2, 0.25) is 0 Å². The fourth-order valence-electron chi connectivity index (χ4n) is 1.21. The smallest absolute Gasteiger partial charge is 0.166 e. The van der Waals surface area contributed by atoms with Gasteiger partial charge >= 0.3 is 0 Å². The van der Waals surface area contributed by atoms with Gasteiger partial charge in [0.1, 0.15) is 5.75 Å². The Hall–Kier alpha value is -1.57.